The first-order valence-corrected chi connectivity index (χ1v) is 11.2. The van der Waals surface area contributed by atoms with Crippen LogP contribution in [0.3, 0.4) is 0 Å². The molecule has 0 radical (unpaired) electrons. The standard InChI is InChI=1S/C23H25NO6S/c1-15-11-17(12-16(2)23(15)30-21-7-3-19(26)4-8-21)13-18(14-25)24-31(28,29)22-9-5-20(27)6-10-22/h3-12,18,24-27H,13-14H2,1-2H3. The molecule has 31 heavy (non-hydrogen) atoms. The Morgan fingerprint density at radius 3 is 1.94 bits per heavy atom. The van der Waals surface area contributed by atoms with Crippen LogP contribution in [0.25, 0.3) is 0 Å². The Bertz CT molecular complexity index is 1120. The Kier molecular flexibility index (Phi) is 6.84. The van der Waals surface area contributed by atoms with Gasteiger partial charge in [0.15, 0.2) is 0 Å². The Balaban J connectivity index is 1.76. The summed E-state index contributed by atoms with van der Waals surface area (Å²) in [4.78, 5) is 0.00811. The summed E-state index contributed by atoms with van der Waals surface area (Å²) in [5.41, 5.74) is 2.57. The zero-order valence-corrected chi connectivity index (χ0v) is 18.1. The second-order valence-electron chi connectivity index (χ2n) is 7.35. The van der Waals surface area contributed by atoms with Gasteiger partial charge in [-0.05, 0) is 85.5 Å². The van der Waals surface area contributed by atoms with Crippen LogP contribution in [0.4, 0.5) is 0 Å². The van der Waals surface area contributed by atoms with E-state index >= 15 is 0 Å². The largest absolute Gasteiger partial charge is 0.508 e. The van der Waals surface area contributed by atoms with Crippen LogP contribution in [0.2, 0.25) is 0 Å². The van der Waals surface area contributed by atoms with Gasteiger partial charge in [-0.1, -0.05) is 12.1 Å². The SMILES string of the molecule is Cc1cc(CC(CO)NS(=O)(=O)c2ccc(O)cc2)cc(C)c1Oc1ccc(O)cc1. The average Bonchev–Trinajstić information content (AvgIpc) is 2.72. The lowest BCUT2D eigenvalue weighted by atomic mass is 10.0. The van der Waals surface area contributed by atoms with Crippen molar-refractivity contribution in [1.82, 2.24) is 4.72 Å². The van der Waals surface area contributed by atoms with Gasteiger partial charge in [-0.2, -0.15) is 0 Å². The minimum absolute atomic E-state index is 0.00811. The molecule has 0 saturated heterocycles. The van der Waals surface area contributed by atoms with Gasteiger partial charge in [-0.15, -0.1) is 0 Å². The Morgan fingerprint density at radius 2 is 1.42 bits per heavy atom. The van der Waals surface area contributed by atoms with Crippen molar-refractivity contribution in [2.45, 2.75) is 31.2 Å². The van der Waals surface area contributed by atoms with Crippen LogP contribution in [-0.2, 0) is 16.4 Å². The number of phenolic OH excluding ortho intramolecular Hbond substituents is 2. The number of aromatic hydroxyl groups is 2. The summed E-state index contributed by atoms with van der Waals surface area (Å²) in [6.07, 6.45) is 0.287. The predicted molar refractivity (Wildman–Crippen MR) is 117 cm³/mol. The van der Waals surface area contributed by atoms with Crippen molar-refractivity contribution in [3.63, 3.8) is 0 Å². The van der Waals surface area contributed by atoms with Crippen molar-refractivity contribution in [3.05, 3.63) is 77.4 Å². The number of hydrogen-bond donors (Lipinski definition) is 4. The third-order valence-corrected chi connectivity index (χ3v) is 6.28. The molecule has 0 heterocycles. The summed E-state index contributed by atoms with van der Waals surface area (Å²) < 4.78 is 33.6. The molecule has 0 bridgehead atoms. The number of aliphatic hydroxyl groups is 1. The molecule has 0 amide bonds. The number of rotatable bonds is 8. The van der Waals surface area contributed by atoms with Gasteiger partial charge in [0.05, 0.1) is 11.5 Å². The molecule has 0 spiro atoms. The Hall–Kier alpha value is -3.07. The summed E-state index contributed by atoms with van der Waals surface area (Å²) in [6, 6.07) is 14.7. The maximum Gasteiger partial charge on any atom is 0.240 e. The van der Waals surface area contributed by atoms with Crippen molar-refractivity contribution < 1.29 is 28.5 Å². The maximum absolute atomic E-state index is 12.6. The third-order valence-electron chi connectivity index (χ3n) is 4.75. The predicted octanol–water partition coefficient (Wildman–Crippen LogP) is 3.39. The fraction of sp³-hybridized carbons (Fsp3) is 0.217. The number of phenols is 2. The molecule has 3 rings (SSSR count). The average molecular weight is 444 g/mol. The zero-order valence-electron chi connectivity index (χ0n) is 17.2. The van der Waals surface area contributed by atoms with Crippen LogP contribution in [0.5, 0.6) is 23.0 Å². The quantitative estimate of drug-likeness (QED) is 0.424. The minimum atomic E-state index is -3.85. The summed E-state index contributed by atoms with van der Waals surface area (Å²) in [5, 5.41) is 28.5. The van der Waals surface area contributed by atoms with Crippen molar-refractivity contribution in [3.8, 4) is 23.0 Å². The molecule has 1 atom stereocenters. The number of ether oxygens (including phenoxy) is 1. The second-order valence-corrected chi connectivity index (χ2v) is 9.07. The van der Waals surface area contributed by atoms with Gasteiger partial charge in [0.25, 0.3) is 0 Å². The molecule has 8 heteroatoms. The molecule has 3 aromatic rings. The molecular weight excluding hydrogens is 418 g/mol. The number of benzene rings is 3. The number of aryl methyl sites for hydroxylation is 2. The zero-order chi connectivity index (χ0) is 22.6. The molecule has 0 aromatic heterocycles. The smallest absolute Gasteiger partial charge is 0.240 e. The third kappa shape index (κ3) is 5.75. The maximum atomic E-state index is 12.6. The number of nitrogens with one attached hydrogen (secondary N) is 1. The van der Waals surface area contributed by atoms with Gasteiger partial charge in [-0.3, -0.25) is 0 Å². The van der Waals surface area contributed by atoms with E-state index in [1.807, 2.05) is 26.0 Å². The molecule has 3 aromatic carbocycles. The highest BCUT2D eigenvalue weighted by molar-refractivity contribution is 7.89. The normalized spacial score (nSPS) is 12.5. The van der Waals surface area contributed by atoms with E-state index in [1.54, 1.807) is 24.3 Å². The van der Waals surface area contributed by atoms with Gasteiger partial charge in [0.2, 0.25) is 10.0 Å². The van der Waals surface area contributed by atoms with E-state index in [0.29, 0.717) is 11.5 Å². The first-order chi connectivity index (χ1) is 14.7. The van der Waals surface area contributed by atoms with Crippen molar-refractivity contribution in [2.75, 3.05) is 6.61 Å². The monoisotopic (exact) mass is 443 g/mol. The van der Waals surface area contributed by atoms with E-state index in [4.69, 9.17) is 4.74 Å². The van der Waals surface area contributed by atoms with Gasteiger partial charge in [-0.25, -0.2) is 13.1 Å². The minimum Gasteiger partial charge on any atom is -0.508 e. The lowest BCUT2D eigenvalue weighted by molar-refractivity contribution is 0.256. The van der Waals surface area contributed by atoms with Crippen LogP contribution in [0.1, 0.15) is 16.7 Å². The molecule has 0 saturated carbocycles. The summed E-state index contributed by atoms with van der Waals surface area (Å²) in [6.45, 7) is 3.41. The van der Waals surface area contributed by atoms with Crippen molar-refractivity contribution in [2.24, 2.45) is 0 Å². The van der Waals surface area contributed by atoms with Crippen LogP contribution < -0.4 is 9.46 Å². The first-order valence-electron chi connectivity index (χ1n) is 9.67. The Morgan fingerprint density at radius 1 is 0.903 bits per heavy atom. The molecule has 4 N–H and O–H groups in total. The first kappa shape index (κ1) is 22.6. The number of sulfonamides is 1. The molecule has 0 aliphatic heterocycles. The fourth-order valence-electron chi connectivity index (χ4n) is 3.29. The van der Waals surface area contributed by atoms with E-state index in [9.17, 15) is 23.7 Å². The lowest BCUT2D eigenvalue weighted by Crippen LogP contribution is -2.39. The van der Waals surface area contributed by atoms with Crippen LogP contribution >= 0.6 is 0 Å². The van der Waals surface area contributed by atoms with Crippen molar-refractivity contribution >= 4 is 10.0 Å². The molecule has 7 nitrogen and oxygen atoms in total. The molecule has 0 aliphatic carbocycles. The van der Waals surface area contributed by atoms with Gasteiger partial charge in [0, 0.05) is 6.04 Å². The molecular formula is C23H25NO6S. The van der Waals surface area contributed by atoms with Crippen molar-refractivity contribution in [1.29, 1.82) is 0 Å². The van der Waals surface area contributed by atoms with E-state index in [-0.39, 0.29) is 29.4 Å². The van der Waals surface area contributed by atoms with Crippen LogP contribution in [0, 0.1) is 13.8 Å². The molecule has 0 aliphatic rings. The second kappa shape index (κ2) is 9.38. The van der Waals surface area contributed by atoms with E-state index in [0.717, 1.165) is 16.7 Å². The fourth-order valence-corrected chi connectivity index (χ4v) is 4.52. The number of aliphatic hydroxyl groups excluding tert-OH is 1. The highest BCUT2D eigenvalue weighted by atomic mass is 32.2. The van der Waals surface area contributed by atoms with E-state index in [2.05, 4.69) is 4.72 Å². The molecule has 0 fully saturated rings. The Labute approximate surface area is 181 Å². The molecule has 164 valence electrons. The topological polar surface area (TPSA) is 116 Å². The van der Waals surface area contributed by atoms with Gasteiger partial charge >= 0.3 is 0 Å². The number of hydrogen-bond acceptors (Lipinski definition) is 6. The molecule has 1 unspecified atom stereocenters. The highest BCUT2D eigenvalue weighted by Crippen LogP contribution is 2.31. The van der Waals surface area contributed by atoms with E-state index in [1.165, 1.54) is 24.3 Å². The lowest BCUT2D eigenvalue weighted by Gasteiger charge is -2.19. The van der Waals surface area contributed by atoms with Crippen LogP contribution in [0.15, 0.2) is 65.6 Å². The van der Waals surface area contributed by atoms with E-state index < -0.39 is 16.1 Å². The van der Waals surface area contributed by atoms with Gasteiger partial charge in [0.1, 0.15) is 23.0 Å². The summed E-state index contributed by atoms with van der Waals surface area (Å²) in [5.74, 6) is 1.39. The summed E-state index contributed by atoms with van der Waals surface area (Å²) >= 11 is 0. The van der Waals surface area contributed by atoms with Crippen LogP contribution in [-0.4, -0.2) is 36.4 Å². The summed E-state index contributed by atoms with van der Waals surface area (Å²) in [7, 11) is -3.85. The van der Waals surface area contributed by atoms with Gasteiger partial charge < -0.3 is 20.1 Å². The highest BCUT2D eigenvalue weighted by Gasteiger charge is 2.21.